The van der Waals surface area contributed by atoms with Crippen molar-refractivity contribution in [2.24, 2.45) is 0 Å². The SMILES string of the molecule is CN(C(=O)O)N1C(=O)CC[C@@H](NC(=O)OCc2ccccc2)C1=O. The summed E-state index contributed by atoms with van der Waals surface area (Å²) >= 11 is 0. The number of benzene rings is 1. The second kappa shape index (κ2) is 7.44. The van der Waals surface area contributed by atoms with Crippen LogP contribution in [-0.2, 0) is 20.9 Å². The lowest BCUT2D eigenvalue weighted by atomic mass is 10.1. The van der Waals surface area contributed by atoms with E-state index in [4.69, 9.17) is 9.84 Å². The van der Waals surface area contributed by atoms with Crippen molar-refractivity contribution in [3.05, 3.63) is 35.9 Å². The normalized spacial score (nSPS) is 17.4. The van der Waals surface area contributed by atoms with Crippen LogP contribution in [-0.4, -0.2) is 52.2 Å². The Labute approximate surface area is 137 Å². The van der Waals surface area contributed by atoms with E-state index < -0.39 is 30.0 Å². The number of carbonyl (C=O) groups excluding carboxylic acids is 3. The number of hydrazine groups is 1. The smallest absolute Gasteiger partial charge is 0.426 e. The van der Waals surface area contributed by atoms with E-state index in [1.54, 1.807) is 24.3 Å². The van der Waals surface area contributed by atoms with Gasteiger partial charge >= 0.3 is 12.2 Å². The number of amides is 4. The number of hydrogen-bond donors (Lipinski definition) is 2. The molecule has 0 aliphatic carbocycles. The van der Waals surface area contributed by atoms with Crippen LogP contribution >= 0.6 is 0 Å². The molecule has 0 radical (unpaired) electrons. The van der Waals surface area contributed by atoms with Gasteiger partial charge in [0.15, 0.2) is 0 Å². The Balaban J connectivity index is 1.94. The van der Waals surface area contributed by atoms with Gasteiger partial charge in [-0.2, -0.15) is 5.01 Å². The van der Waals surface area contributed by atoms with Crippen molar-refractivity contribution in [1.29, 1.82) is 0 Å². The molecule has 0 aromatic heterocycles. The van der Waals surface area contributed by atoms with Crippen LogP contribution in [0.3, 0.4) is 0 Å². The summed E-state index contributed by atoms with van der Waals surface area (Å²) in [5, 5.41) is 12.3. The number of nitrogens with one attached hydrogen (secondary N) is 1. The number of rotatable bonds is 4. The lowest BCUT2D eigenvalue weighted by Gasteiger charge is -2.34. The van der Waals surface area contributed by atoms with Crippen LogP contribution in [0.15, 0.2) is 30.3 Å². The molecule has 2 rings (SSSR count). The minimum absolute atomic E-state index is 0.0330. The third kappa shape index (κ3) is 4.00. The number of ether oxygens (including phenoxy) is 1. The Bertz CT molecular complexity index is 648. The Morgan fingerprint density at radius 2 is 2.00 bits per heavy atom. The van der Waals surface area contributed by atoms with E-state index in [1.165, 1.54) is 0 Å². The number of imide groups is 1. The third-order valence-electron chi connectivity index (χ3n) is 3.47. The Hall–Kier alpha value is -3.10. The van der Waals surface area contributed by atoms with Crippen LogP contribution in [0.1, 0.15) is 18.4 Å². The van der Waals surface area contributed by atoms with Crippen molar-refractivity contribution in [3.63, 3.8) is 0 Å². The van der Waals surface area contributed by atoms with Gasteiger partial charge in [-0.05, 0) is 12.0 Å². The summed E-state index contributed by atoms with van der Waals surface area (Å²) in [4.78, 5) is 46.7. The largest absolute Gasteiger partial charge is 0.464 e. The third-order valence-corrected chi connectivity index (χ3v) is 3.47. The fourth-order valence-electron chi connectivity index (χ4n) is 2.21. The van der Waals surface area contributed by atoms with Crippen LogP contribution in [0.4, 0.5) is 9.59 Å². The summed E-state index contributed by atoms with van der Waals surface area (Å²) in [6, 6.07) is 7.96. The number of piperidine rings is 1. The summed E-state index contributed by atoms with van der Waals surface area (Å²) in [6.45, 7) is 0.0330. The summed E-state index contributed by atoms with van der Waals surface area (Å²) in [7, 11) is 1.08. The van der Waals surface area contributed by atoms with Crippen molar-refractivity contribution < 1.29 is 29.0 Å². The Morgan fingerprint density at radius 1 is 1.33 bits per heavy atom. The molecule has 1 saturated heterocycles. The lowest BCUT2D eigenvalue weighted by molar-refractivity contribution is -0.164. The van der Waals surface area contributed by atoms with Crippen LogP contribution in [0.25, 0.3) is 0 Å². The molecule has 1 aromatic rings. The first kappa shape index (κ1) is 17.3. The standard InChI is InChI=1S/C15H17N3O6/c1-17(15(22)23)18-12(19)8-7-11(13(18)20)16-14(21)24-9-10-5-3-2-4-6-10/h2-6,11H,7-9H2,1H3,(H,16,21)(H,22,23)/t11-/m1/s1. The van der Waals surface area contributed by atoms with Crippen molar-refractivity contribution >= 4 is 24.0 Å². The second-order valence-electron chi connectivity index (χ2n) is 5.15. The summed E-state index contributed by atoms with van der Waals surface area (Å²) in [5.41, 5.74) is 0.782. The monoisotopic (exact) mass is 335 g/mol. The lowest BCUT2D eigenvalue weighted by Crippen LogP contribution is -2.60. The first-order valence-electron chi connectivity index (χ1n) is 7.20. The van der Waals surface area contributed by atoms with E-state index in [0.717, 1.165) is 12.6 Å². The number of carboxylic acid groups (broad SMARTS) is 1. The maximum absolute atomic E-state index is 12.2. The maximum atomic E-state index is 12.2. The van der Waals surface area contributed by atoms with Gasteiger partial charge in [0.25, 0.3) is 5.91 Å². The molecule has 9 nitrogen and oxygen atoms in total. The fraction of sp³-hybridized carbons (Fsp3) is 0.333. The van der Waals surface area contributed by atoms with Gasteiger partial charge in [-0.3, -0.25) is 9.59 Å². The number of nitrogens with zero attached hydrogens (tertiary/aromatic N) is 2. The molecule has 24 heavy (non-hydrogen) atoms. The van der Waals surface area contributed by atoms with E-state index in [1.807, 2.05) is 6.07 Å². The number of carbonyl (C=O) groups is 4. The molecule has 1 aromatic carbocycles. The van der Waals surface area contributed by atoms with E-state index in [9.17, 15) is 19.2 Å². The molecule has 1 fully saturated rings. The molecule has 1 aliphatic heterocycles. The maximum Gasteiger partial charge on any atom is 0.426 e. The molecule has 0 saturated carbocycles. The topological polar surface area (TPSA) is 116 Å². The van der Waals surface area contributed by atoms with Gasteiger partial charge in [0.05, 0.1) is 0 Å². The molecule has 0 bridgehead atoms. The molecular formula is C15H17N3O6. The van der Waals surface area contributed by atoms with Gasteiger partial charge < -0.3 is 15.2 Å². The predicted molar refractivity (Wildman–Crippen MR) is 80.4 cm³/mol. The molecule has 9 heteroatoms. The van der Waals surface area contributed by atoms with Crippen molar-refractivity contribution in [1.82, 2.24) is 15.3 Å². The van der Waals surface area contributed by atoms with Crippen molar-refractivity contribution in [2.45, 2.75) is 25.5 Å². The minimum atomic E-state index is -1.45. The van der Waals surface area contributed by atoms with Crippen LogP contribution in [0, 0.1) is 0 Å². The highest BCUT2D eigenvalue weighted by molar-refractivity contribution is 6.02. The van der Waals surface area contributed by atoms with Gasteiger partial charge in [0.2, 0.25) is 5.91 Å². The molecule has 0 unspecified atom stereocenters. The average Bonchev–Trinajstić information content (AvgIpc) is 2.56. The summed E-state index contributed by atoms with van der Waals surface area (Å²) in [5.74, 6) is -1.45. The molecule has 128 valence electrons. The van der Waals surface area contributed by atoms with E-state index in [0.29, 0.717) is 10.0 Å². The Morgan fingerprint density at radius 3 is 2.62 bits per heavy atom. The first-order valence-corrected chi connectivity index (χ1v) is 7.20. The molecular weight excluding hydrogens is 318 g/mol. The molecule has 4 amide bonds. The minimum Gasteiger partial charge on any atom is -0.464 e. The molecule has 0 spiro atoms. The molecule has 1 aliphatic rings. The van der Waals surface area contributed by atoms with Crippen LogP contribution < -0.4 is 5.32 Å². The predicted octanol–water partition coefficient (Wildman–Crippen LogP) is 0.955. The molecule has 1 atom stereocenters. The molecule has 2 N–H and O–H groups in total. The van der Waals surface area contributed by atoms with Crippen LogP contribution in [0.2, 0.25) is 0 Å². The fourth-order valence-corrected chi connectivity index (χ4v) is 2.21. The molecule has 1 heterocycles. The van der Waals surface area contributed by atoms with Gasteiger partial charge in [-0.25, -0.2) is 14.6 Å². The average molecular weight is 335 g/mol. The van der Waals surface area contributed by atoms with E-state index >= 15 is 0 Å². The highest BCUT2D eigenvalue weighted by Crippen LogP contribution is 2.15. The van der Waals surface area contributed by atoms with Gasteiger partial charge in [0, 0.05) is 13.5 Å². The van der Waals surface area contributed by atoms with Gasteiger partial charge in [0.1, 0.15) is 12.6 Å². The highest BCUT2D eigenvalue weighted by Gasteiger charge is 2.39. The van der Waals surface area contributed by atoms with Gasteiger partial charge in [-0.1, -0.05) is 30.3 Å². The number of alkyl carbamates (subject to hydrolysis) is 1. The zero-order valence-electron chi connectivity index (χ0n) is 13.0. The van der Waals surface area contributed by atoms with E-state index in [2.05, 4.69) is 5.32 Å². The quantitative estimate of drug-likeness (QED) is 0.792. The summed E-state index contributed by atoms with van der Waals surface area (Å²) in [6.07, 6.45) is -2.25. The first-order chi connectivity index (χ1) is 11.4. The van der Waals surface area contributed by atoms with Crippen molar-refractivity contribution in [3.8, 4) is 0 Å². The zero-order valence-corrected chi connectivity index (χ0v) is 13.0. The second-order valence-corrected chi connectivity index (χ2v) is 5.15. The highest BCUT2D eigenvalue weighted by atomic mass is 16.5. The summed E-state index contributed by atoms with van der Waals surface area (Å²) < 4.78 is 5.01. The number of hydrogen-bond acceptors (Lipinski definition) is 5. The Kier molecular flexibility index (Phi) is 5.35. The zero-order chi connectivity index (χ0) is 17.7. The van der Waals surface area contributed by atoms with Crippen molar-refractivity contribution in [2.75, 3.05) is 7.05 Å². The van der Waals surface area contributed by atoms with E-state index in [-0.39, 0.29) is 19.4 Å². The van der Waals surface area contributed by atoms with Gasteiger partial charge in [-0.15, -0.1) is 0 Å². The van der Waals surface area contributed by atoms with Crippen LogP contribution in [0.5, 0.6) is 0 Å².